The molecule has 0 saturated heterocycles. The second-order valence-electron chi connectivity index (χ2n) is 2.90. The van der Waals surface area contributed by atoms with Crippen LogP contribution < -0.4 is 0 Å². The van der Waals surface area contributed by atoms with Gasteiger partial charge in [0.1, 0.15) is 10.5 Å². The summed E-state index contributed by atoms with van der Waals surface area (Å²) in [7, 11) is 0. The Balaban J connectivity index is 2.55. The molecule has 0 aliphatic rings. The molecule has 14 heavy (non-hydrogen) atoms. The molecule has 0 unspecified atom stereocenters. The van der Waals surface area contributed by atoms with Crippen LogP contribution in [-0.4, -0.2) is 10.2 Å². The SMILES string of the molecule is CCc1ccc(Br)cc1-c1nncs1. The van der Waals surface area contributed by atoms with Gasteiger partial charge >= 0.3 is 0 Å². The number of aromatic nitrogens is 2. The topological polar surface area (TPSA) is 25.8 Å². The van der Waals surface area contributed by atoms with E-state index in [1.807, 2.05) is 0 Å². The largest absolute Gasteiger partial charge is 0.147 e. The van der Waals surface area contributed by atoms with E-state index in [9.17, 15) is 0 Å². The van der Waals surface area contributed by atoms with Crippen molar-refractivity contribution in [2.24, 2.45) is 0 Å². The van der Waals surface area contributed by atoms with Crippen molar-refractivity contribution in [3.8, 4) is 10.6 Å². The zero-order valence-electron chi connectivity index (χ0n) is 7.70. The molecule has 72 valence electrons. The molecule has 2 aromatic rings. The molecule has 0 fully saturated rings. The molecule has 0 radical (unpaired) electrons. The first-order chi connectivity index (χ1) is 6.81. The zero-order chi connectivity index (χ0) is 9.97. The molecule has 1 heterocycles. The highest BCUT2D eigenvalue weighted by atomic mass is 79.9. The van der Waals surface area contributed by atoms with Crippen molar-refractivity contribution < 1.29 is 0 Å². The van der Waals surface area contributed by atoms with Gasteiger partial charge in [0.2, 0.25) is 0 Å². The van der Waals surface area contributed by atoms with Crippen molar-refractivity contribution in [3.63, 3.8) is 0 Å². The fraction of sp³-hybridized carbons (Fsp3) is 0.200. The van der Waals surface area contributed by atoms with E-state index < -0.39 is 0 Å². The van der Waals surface area contributed by atoms with Gasteiger partial charge in [-0.25, -0.2) is 0 Å². The molecule has 0 saturated carbocycles. The molecule has 0 atom stereocenters. The van der Waals surface area contributed by atoms with Gasteiger partial charge in [0.15, 0.2) is 0 Å². The summed E-state index contributed by atoms with van der Waals surface area (Å²) in [5.41, 5.74) is 4.25. The number of benzene rings is 1. The predicted molar refractivity (Wildman–Crippen MR) is 62.4 cm³/mol. The summed E-state index contributed by atoms with van der Waals surface area (Å²) in [6.45, 7) is 2.15. The number of hydrogen-bond acceptors (Lipinski definition) is 3. The first-order valence-corrected chi connectivity index (χ1v) is 6.03. The van der Waals surface area contributed by atoms with E-state index in [4.69, 9.17) is 0 Å². The van der Waals surface area contributed by atoms with Gasteiger partial charge in [-0.05, 0) is 24.1 Å². The lowest BCUT2D eigenvalue weighted by Gasteiger charge is -2.04. The highest BCUT2D eigenvalue weighted by molar-refractivity contribution is 9.10. The van der Waals surface area contributed by atoms with Crippen LogP contribution in [0.3, 0.4) is 0 Å². The number of aryl methyl sites for hydroxylation is 1. The maximum atomic E-state index is 4.08. The Kier molecular flexibility index (Phi) is 2.93. The second-order valence-corrected chi connectivity index (χ2v) is 4.65. The summed E-state index contributed by atoms with van der Waals surface area (Å²) in [6, 6.07) is 6.28. The van der Waals surface area contributed by atoms with Crippen LogP contribution in [0.5, 0.6) is 0 Å². The number of nitrogens with zero attached hydrogens (tertiary/aromatic N) is 2. The second kappa shape index (κ2) is 4.19. The molecule has 1 aromatic heterocycles. The summed E-state index contributed by atoms with van der Waals surface area (Å²) < 4.78 is 1.08. The molecular formula is C10H9BrN2S. The normalized spacial score (nSPS) is 10.4. The predicted octanol–water partition coefficient (Wildman–Crippen LogP) is 3.53. The molecule has 4 heteroatoms. The van der Waals surface area contributed by atoms with Crippen LogP contribution in [0.2, 0.25) is 0 Å². The monoisotopic (exact) mass is 268 g/mol. The molecule has 0 aliphatic heterocycles. The highest BCUT2D eigenvalue weighted by Gasteiger charge is 2.07. The van der Waals surface area contributed by atoms with Crippen molar-refractivity contribution >= 4 is 27.3 Å². The maximum Gasteiger partial charge on any atom is 0.147 e. The Morgan fingerprint density at radius 1 is 1.43 bits per heavy atom. The smallest absolute Gasteiger partial charge is 0.147 e. The van der Waals surface area contributed by atoms with E-state index in [1.54, 1.807) is 16.8 Å². The van der Waals surface area contributed by atoms with E-state index in [0.717, 1.165) is 15.9 Å². The molecule has 2 nitrogen and oxygen atoms in total. The van der Waals surface area contributed by atoms with Crippen LogP contribution in [0.1, 0.15) is 12.5 Å². The standard InChI is InChI=1S/C10H9BrN2S/c1-2-7-3-4-8(11)5-9(7)10-13-12-6-14-10/h3-6H,2H2,1H3. The third-order valence-electron chi connectivity index (χ3n) is 2.04. The molecule has 0 N–H and O–H groups in total. The van der Waals surface area contributed by atoms with Crippen molar-refractivity contribution in [2.45, 2.75) is 13.3 Å². The minimum Gasteiger partial charge on any atom is -0.147 e. The van der Waals surface area contributed by atoms with Crippen LogP contribution in [0.15, 0.2) is 28.2 Å². The van der Waals surface area contributed by atoms with Gasteiger partial charge in [-0.15, -0.1) is 10.2 Å². The average molecular weight is 269 g/mol. The van der Waals surface area contributed by atoms with Crippen molar-refractivity contribution in [1.82, 2.24) is 10.2 Å². The summed E-state index contributed by atoms with van der Waals surface area (Å²) in [4.78, 5) is 0. The molecule has 0 amide bonds. The Labute approximate surface area is 95.1 Å². The fourth-order valence-electron chi connectivity index (χ4n) is 1.35. The Morgan fingerprint density at radius 3 is 2.93 bits per heavy atom. The van der Waals surface area contributed by atoms with E-state index in [1.165, 1.54) is 11.1 Å². The third-order valence-corrected chi connectivity index (χ3v) is 3.26. The summed E-state index contributed by atoms with van der Waals surface area (Å²) in [6.07, 6.45) is 1.02. The summed E-state index contributed by atoms with van der Waals surface area (Å²) in [5.74, 6) is 0. The third kappa shape index (κ3) is 1.86. The molecule has 0 bridgehead atoms. The van der Waals surface area contributed by atoms with Gasteiger partial charge in [0.05, 0.1) is 0 Å². The van der Waals surface area contributed by atoms with Gasteiger partial charge in [-0.3, -0.25) is 0 Å². The fourth-order valence-corrected chi connectivity index (χ4v) is 2.31. The van der Waals surface area contributed by atoms with Crippen LogP contribution in [0, 0.1) is 0 Å². The van der Waals surface area contributed by atoms with Gasteiger partial charge in [-0.1, -0.05) is 40.3 Å². The molecule has 2 rings (SSSR count). The lowest BCUT2D eigenvalue weighted by Crippen LogP contribution is -1.87. The number of halogens is 1. The van der Waals surface area contributed by atoms with Crippen LogP contribution in [-0.2, 0) is 6.42 Å². The first kappa shape index (κ1) is 9.80. The molecule has 1 aromatic carbocycles. The number of hydrogen-bond donors (Lipinski definition) is 0. The van der Waals surface area contributed by atoms with Crippen molar-refractivity contribution in [3.05, 3.63) is 33.7 Å². The Bertz CT molecular complexity index is 426. The number of rotatable bonds is 2. The quantitative estimate of drug-likeness (QED) is 0.833. The average Bonchev–Trinajstić information content (AvgIpc) is 2.70. The van der Waals surface area contributed by atoms with Gasteiger partial charge in [-0.2, -0.15) is 0 Å². The van der Waals surface area contributed by atoms with Gasteiger partial charge in [0, 0.05) is 10.0 Å². The first-order valence-electron chi connectivity index (χ1n) is 4.36. The minimum atomic E-state index is 0.989. The van der Waals surface area contributed by atoms with E-state index in [-0.39, 0.29) is 0 Å². The van der Waals surface area contributed by atoms with E-state index in [2.05, 4.69) is 51.3 Å². The molecule has 0 spiro atoms. The Hall–Kier alpha value is -0.740. The van der Waals surface area contributed by atoms with E-state index >= 15 is 0 Å². The summed E-state index contributed by atoms with van der Waals surface area (Å²) in [5, 5.41) is 8.93. The maximum absolute atomic E-state index is 4.08. The van der Waals surface area contributed by atoms with E-state index in [0.29, 0.717) is 0 Å². The van der Waals surface area contributed by atoms with Gasteiger partial charge in [0.25, 0.3) is 0 Å². The lowest BCUT2D eigenvalue weighted by atomic mass is 10.1. The Morgan fingerprint density at radius 2 is 2.29 bits per heavy atom. The van der Waals surface area contributed by atoms with Crippen molar-refractivity contribution in [1.29, 1.82) is 0 Å². The summed E-state index contributed by atoms with van der Waals surface area (Å²) >= 11 is 5.04. The van der Waals surface area contributed by atoms with Crippen LogP contribution in [0.4, 0.5) is 0 Å². The molecule has 0 aliphatic carbocycles. The minimum absolute atomic E-state index is 0.989. The van der Waals surface area contributed by atoms with Crippen LogP contribution in [0.25, 0.3) is 10.6 Å². The van der Waals surface area contributed by atoms with Gasteiger partial charge < -0.3 is 0 Å². The van der Waals surface area contributed by atoms with Crippen molar-refractivity contribution in [2.75, 3.05) is 0 Å². The zero-order valence-corrected chi connectivity index (χ0v) is 10.1. The van der Waals surface area contributed by atoms with Crippen LogP contribution >= 0.6 is 27.3 Å². The highest BCUT2D eigenvalue weighted by Crippen LogP contribution is 2.28. The molecular weight excluding hydrogens is 260 g/mol. The lowest BCUT2D eigenvalue weighted by molar-refractivity contribution is 1.08.